The summed E-state index contributed by atoms with van der Waals surface area (Å²) in [6.45, 7) is 2.76. The molecule has 3 aromatic carbocycles. The molecule has 4 nitrogen and oxygen atoms in total. The summed E-state index contributed by atoms with van der Waals surface area (Å²) in [7, 11) is 0. The zero-order valence-electron chi connectivity index (χ0n) is 20.0. The standard InChI is InChI=1S/C29H26F3N3O/c1-2-3-12-36-23-17-34-28(35-18-23)11-6-19-5-10-24-22(13-19)9-8-21(29(24)32)7-4-20-14-26(30)25(16-33)27(31)15-20/h5,8-10,13-15,17-18H,2-4,6-7,11-12H2,1H3. The number of nitriles is 1. The first kappa shape index (κ1) is 25.2. The van der Waals surface area contributed by atoms with Crippen molar-refractivity contribution < 1.29 is 17.9 Å². The highest BCUT2D eigenvalue weighted by atomic mass is 19.1. The fraction of sp³-hybridized carbons (Fsp3) is 0.276. The summed E-state index contributed by atoms with van der Waals surface area (Å²) in [5.41, 5.74) is 1.29. The zero-order valence-corrected chi connectivity index (χ0v) is 20.0. The van der Waals surface area contributed by atoms with Crippen molar-refractivity contribution in [2.75, 3.05) is 6.61 Å². The van der Waals surface area contributed by atoms with Gasteiger partial charge in [-0.25, -0.2) is 23.1 Å². The summed E-state index contributed by atoms with van der Waals surface area (Å²) in [5.74, 6) is -0.759. The van der Waals surface area contributed by atoms with Crippen LogP contribution in [0.2, 0.25) is 0 Å². The Hall–Kier alpha value is -3.92. The van der Waals surface area contributed by atoms with E-state index in [4.69, 9.17) is 10.00 Å². The van der Waals surface area contributed by atoms with Gasteiger partial charge in [0.05, 0.1) is 19.0 Å². The van der Waals surface area contributed by atoms with Crippen molar-refractivity contribution in [3.8, 4) is 11.8 Å². The molecule has 0 aliphatic heterocycles. The van der Waals surface area contributed by atoms with Crippen molar-refractivity contribution in [3.05, 3.63) is 100 Å². The van der Waals surface area contributed by atoms with Crippen LogP contribution in [0.5, 0.6) is 5.75 Å². The van der Waals surface area contributed by atoms with Crippen LogP contribution in [0.4, 0.5) is 13.2 Å². The minimum atomic E-state index is -0.902. The van der Waals surface area contributed by atoms with E-state index in [9.17, 15) is 8.78 Å². The number of hydrogen-bond acceptors (Lipinski definition) is 4. The molecule has 7 heteroatoms. The fourth-order valence-electron chi connectivity index (χ4n) is 4.03. The molecule has 0 amide bonds. The molecule has 0 radical (unpaired) electrons. The molecule has 1 heterocycles. The molecule has 4 aromatic rings. The van der Waals surface area contributed by atoms with Crippen LogP contribution in [0.25, 0.3) is 10.8 Å². The minimum Gasteiger partial charge on any atom is -0.490 e. The number of benzene rings is 3. The number of rotatable bonds is 10. The average Bonchev–Trinajstić information content (AvgIpc) is 2.88. The fourth-order valence-corrected chi connectivity index (χ4v) is 4.03. The van der Waals surface area contributed by atoms with Crippen LogP contribution in [-0.4, -0.2) is 16.6 Å². The molecule has 0 aliphatic rings. The Balaban J connectivity index is 1.40. The quantitative estimate of drug-likeness (QED) is 0.234. The Morgan fingerprint density at radius 2 is 1.58 bits per heavy atom. The number of halogens is 3. The van der Waals surface area contributed by atoms with E-state index in [1.165, 1.54) is 6.07 Å². The van der Waals surface area contributed by atoms with E-state index < -0.39 is 17.2 Å². The predicted octanol–water partition coefficient (Wildman–Crippen LogP) is 6.67. The largest absolute Gasteiger partial charge is 0.490 e. The van der Waals surface area contributed by atoms with Gasteiger partial charge in [-0.2, -0.15) is 5.26 Å². The number of unbranched alkanes of at least 4 members (excludes halogenated alkanes) is 1. The van der Waals surface area contributed by atoms with E-state index >= 15 is 4.39 Å². The second-order valence-electron chi connectivity index (χ2n) is 8.68. The van der Waals surface area contributed by atoms with Crippen LogP contribution in [0.15, 0.2) is 54.9 Å². The summed E-state index contributed by atoms with van der Waals surface area (Å²) in [6, 6.07) is 12.9. The summed E-state index contributed by atoms with van der Waals surface area (Å²) in [4.78, 5) is 8.74. The first-order valence-corrected chi connectivity index (χ1v) is 12.0. The van der Waals surface area contributed by atoms with Crippen LogP contribution in [0.3, 0.4) is 0 Å². The van der Waals surface area contributed by atoms with Gasteiger partial charge in [-0.15, -0.1) is 0 Å². The van der Waals surface area contributed by atoms with Crippen molar-refractivity contribution in [3.63, 3.8) is 0 Å². The van der Waals surface area contributed by atoms with Gasteiger partial charge in [0, 0.05) is 11.8 Å². The lowest BCUT2D eigenvalue weighted by atomic mass is 9.97. The van der Waals surface area contributed by atoms with Crippen LogP contribution in [0.1, 0.15) is 47.8 Å². The Morgan fingerprint density at radius 1 is 0.861 bits per heavy atom. The molecule has 0 bridgehead atoms. The molecule has 0 atom stereocenters. The van der Waals surface area contributed by atoms with Crippen LogP contribution < -0.4 is 4.74 Å². The highest BCUT2D eigenvalue weighted by molar-refractivity contribution is 5.84. The molecule has 0 N–H and O–H groups in total. The van der Waals surface area contributed by atoms with Crippen LogP contribution in [0, 0.1) is 28.8 Å². The predicted molar refractivity (Wildman–Crippen MR) is 132 cm³/mol. The number of aromatic nitrogens is 2. The molecule has 1 aromatic heterocycles. The number of fused-ring (bicyclic) bond motifs is 1. The van der Waals surface area contributed by atoms with Crippen molar-refractivity contribution in [1.82, 2.24) is 9.97 Å². The summed E-state index contributed by atoms with van der Waals surface area (Å²) < 4.78 is 48.5. The van der Waals surface area contributed by atoms with Gasteiger partial charge < -0.3 is 4.74 Å². The van der Waals surface area contributed by atoms with Crippen molar-refractivity contribution in [2.24, 2.45) is 0 Å². The normalized spacial score (nSPS) is 11.0. The molecule has 4 rings (SSSR count). The van der Waals surface area contributed by atoms with Crippen LogP contribution >= 0.6 is 0 Å². The van der Waals surface area contributed by atoms with Gasteiger partial charge in [-0.1, -0.05) is 43.7 Å². The molecule has 0 spiro atoms. The molecule has 36 heavy (non-hydrogen) atoms. The second-order valence-corrected chi connectivity index (χ2v) is 8.68. The monoisotopic (exact) mass is 489 g/mol. The molecule has 0 saturated heterocycles. The number of nitrogens with zero attached hydrogens (tertiary/aromatic N) is 3. The third-order valence-corrected chi connectivity index (χ3v) is 6.08. The van der Waals surface area contributed by atoms with E-state index in [0.717, 1.165) is 41.7 Å². The Labute approximate surface area is 208 Å². The minimum absolute atomic E-state index is 0.252. The lowest BCUT2D eigenvalue weighted by Crippen LogP contribution is -2.01. The van der Waals surface area contributed by atoms with Gasteiger partial charge in [0.15, 0.2) is 5.75 Å². The number of aryl methyl sites for hydroxylation is 4. The van der Waals surface area contributed by atoms with Crippen molar-refractivity contribution in [2.45, 2.75) is 45.4 Å². The van der Waals surface area contributed by atoms with Crippen molar-refractivity contribution >= 4 is 10.8 Å². The maximum Gasteiger partial charge on any atom is 0.155 e. The van der Waals surface area contributed by atoms with Gasteiger partial charge in [0.1, 0.15) is 34.9 Å². The van der Waals surface area contributed by atoms with Gasteiger partial charge >= 0.3 is 0 Å². The SMILES string of the molecule is CCCCOc1cnc(CCc2ccc3c(F)c(CCc4cc(F)c(C#N)c(F)c4)ccc3c2)nc1. The van der Waals surface area contributed by atoms with E-state index in [-0.39, 0.29) is 18.7 Å². The van der Waals surface area contributed by atoms with Crippen molar-refractivity contribution in [1.29, 1.82) is 5.26 Å². The lowest BCUT2D eigenvalue weighted by Gasteiger charge is -2.10. The maximum absolute atomic E-state index is 15.2. The van der Waals surface area contributed by atoms with Gasteiger partial charge in [0.2, 0.25) is 0 Å². The number of ether oxygens (including phenoxy) is 1. The smallest absolute Gasteiger partial charge is 0.155 e. The van der Waals surface area contributed by atoms with E-state index in [2.05, 4.69) is 16.9 Å². The first-order valence-electron chi connectivity index (χ1n) is 12.0. The molecular formula is C29H26F3N3O. The number of hydrogen-bond donors (Lipinski definition) is 0. The molecule has 0 fully saturated rings. The Bertz CT molecular complexity index is 1370. The molecule has 0 saturated carbocycles. The Morgan fingerprint density at radius 3 is 2.28 bits per heavy atom. The third-order valence-electron chi connectivity index (χ3n) is 6.08. The topological polar surface area (TPSA) is 58.8 Å². The molecule has 0 unspecified atom stereocenters. The first-order chi connectivity index (χ1) is 17.5. The Kier molecular flexibility index (Phi) is 8.17. The highest BCUT2D eigenvalue weighted by Crippen LogP contribution is 2.25. The average molecular weight is 490 g/mol. The molecule has 0 aliphatic carbocycles. The lowest BCUT2D eigenvalue weighted by molar-refractivity contribution is 0.306. The zero-order chi connectivity index (χ0) is 25.5. The summed E-state index contributed by atoms with van der Waals surface area (Å²) in [5, 5.41) is 10.1. The van der Waals surface area contributed by atoms with E-state index in [1.807, 2.05) is 18.2 Å². The molecule has 184 valence electrons. The van der Waals surface area contributed by atoms with Crippen LogP contribution in [-0.2, 0) is 25.7 Å². The maximum atomic E-state index is 15.2. The molecular weight excluding hydrogens is 463 g/mol. The van der Waals surface area contributed by atoms with E-state index in [0.29, 0.717) is 41.7 Å². The summed E-state index contributed by atoms with van der Waals surface area (Å²) >= 11 is 0. The highest BCUT2D eigenvalue weighted by Gasteiger charge is 2.13. The van der Waals surface area contributed by atoms with E-state index in [1.54, 1.807) is 24.5 Å². The third kappa shape index (κ3) is 6.01. The van der Waals surface area contributed by atoms with Gasteiger partial charge in [-0.3, -0.25) is 0 Å². The summed E-state index contributed by atoms with van der Waals surface area (Å²) in [6.07, 6.45) is 7.34. The van der Waals surface area contributed by atoms with Gasteiger partial charge in [0.25, 0.3) is 0 Å². The second kappa shape index (κ2) is 11.7. The van der Waals surface area contributed by atoms with Gasteiger partial charge in [-0.05, 0) is 59.9 Å².